The number of hydrogen-bond acceptors (Lipinski definition) is 4. The normalized spacial score (nSPS) is 13.6. The van der Waals surface area contributed by atoms with Crippen molar-refractivity contribution in [2.45, 2.75) is 19.4 Å². The Morgan fingerprint density at radius 2 is 1.76 bits per heavy atom. The third-order valence-corrected chi connectivity index (χ3v) is 3.35. The van der Waals surface area contributed by atoms with Crippen molar-refractivity contribution in [3.63, 3.8) is 0 Å². The lowest BCUT2D eigenvalue weighted by Crippen LogP contribution is -2.36. The van der Waals surface area contributed by atoms with Gasteiger partial charge in [0.15, 0.2) is 0 Å². The Morgan fingerprint density at radius 1 is 1.19 bits per heavy atom. The molecular formula is C15H19NO5. The van der Waals surface area contributed by atoms with Crippen LogP contribution in [0.1, 0.15) is 18.4 Å². The fourth-order valence-electron chi connectivity index (χ4n) is 2.14. The van der Waals surface area contributed by atoms with E-state index in [4.69, 9.17) is 14.6 Å². The number of carboxylic acids is 1. The summed E-state index contributed by atoms with van der Waals surface area (Å²) in [7, 11) is 3.09. The third-order valence-electron chi connectivity index (χ3n) is 3.35. The fourth-order valence-corrected chi connectivity index (χ4v) is 2.14. The van der Waals surface area contributed by atoms with Gasteiger partial charge in [-0.2, -0.15) is 0 Å². The Balaban J connectivity index is 2.18. The molecule has 0 unspecified atom stereocenters. The number of amides is 1. The van der Waals surface area contributed by atoms with Crippen LogP contribution in [0.3, 0.4) is 0 Å². The van der Waals surface area contributed by atoms with E-state index in [1.54, 1.807) is 32.4 Å². The molecule has 1 aromatic rings. The summed E-state index contributed by atoms with van der Waals surface area (Å²) in [6.45, 7) is -0.0654. The van der Waals surface area contributed by atoms with Crippen molar-refractivity contribution in [3.05, 3.63) is 23.8 Å². The van der Waals surface area contributed by atoms with Crippen LogP contribution in [-0.2, 0) is 16.1 Å². The van der Waals surface area contributed by atoms with E-state index in [-0.39, 0.29) is 24.9 Å². The minimum Gasteiger partial charge on any atom is -0.497 e. The molecule has 21 heavy (non-hydrogen) atoms. The first-order valence-corrected chi connectivity index (χ1v) is 6.76. The van der Waals surface area contributed by atoms with Crippen LogP contribution in [-0.4, -0.2) is 42.6 Å². The molecule has 1 aliphatic rings. The number of ether oxygens (including phenoxy) is 2. The van der Waals surface area contributed by atoms with Crippen LogP contribution in [0.4, 0.5) is 0 Å². The molecule has 1 amide bonds. The standard InChI is InChI=1S/C15H19NO5/c1-20-12-5-10(6-13(7-12)21-2)8-16(9-14(17)18)15(19)11-3-4-11/h5-7,11H,3-4,8-9H2,1-2H3,(H,17,18). The monoisotopic (exact) mass is 293 g/mol. The SMILES string of the molecule is COc1cc(CN(CC(=O)O)C(=O)C2CC2)cc(OC)c1. The van der Waals surface area contributed by atoms with E-state index < -0.39 is 5.97 Å². The molecule has 0 spiro atoms. The summed E-state index contributed by atoms with van der Waals surface area (Å²) < 4.78 is 10.4. The lowest BCUT2D eigenvalue weighted by molar-refractivity contribution is -0.145. The molecular weight excluding hydrogens is 274 g/mol. The predicted octanol–water partition coefficient (Wildman–Crippen LogP) is 1.53. The highest BCUT2D eigenvalue weighted by molar-refractivity contribution is 5.84. The first-order valence-electron chi connectivity index (χ1n) is 6.76. The minimum atomic E-state index is -1.01. The van der Waals surface area contributed by atoms with Crippen LogP contribution in [0.25, 0.3) is 0 Å². The molecule has 6 heteroatoms. The summed E-state index contributed by atoms with van der Waals surface area (Å²) in [5.41, 5.74) is 0.779. The number of rotatable bonds is 7. The second-order valence-electron chi connectivity index (χ2n) is 5.08. The van der Waals surface area contributed by atoms with Crippen molar-refractivity contribution in [2.24, 2.45) is 5.92 Å². The molecule has 0 heterocycles. The molecule has 0 aromatic heterocycles. The number of carboxylic acid groups (broad SMARTS) is 1. The molecule has 0 bridgehead atoms. The van der Waals surface area contributed by atoms with Gasteiger partial charge in [-0.1, -0.05) is 0 Å². The third kappa shape index (κ3) is 4.11. The van der Waals surface area contributed by atoms with Crippen molar-refractivity contribution < 1.29 is 24.2 Å². The van der Waals surface area contributed by atoms with Gasteiger partial charge in [0.25, 0.3) is 0 Å². The van der Waals surface area contributed by atoms with Gasteiger partial charge in [-0.3, -0.25) is 9.59 Å². The van der Waals surface area contributed by atoms with E-state index >= 15 is 0 Å². The Bertz CT molecular complexity index is 517. The Morgan fingerprint density at radius 3 is 2.19 bits per heavy atom. The van der Waals surface area contributed by atoms with Gasteiger partial charge in [-0.15, -0.1) is 0 Å². The van der Waals surface area contributed by atoms with E-state index in [2.05, 4.69) is 0 Å². The first kappa shape index (κ1) is 15.2. The number of carbonyl (C=O) groups excluding carboxylic acids is 1. The second-order valence-corrected chi connectivity index (χ2v) is 5.08. The van der Waals surface area contributed by atoms with Crippen LogP contribution in [0.2, 0.25) is 0 Å². The highest BCUT2D eigenvalue weighted by Crippen LogP contribution is 2.32. The predicted molar refractivity (Wildman–Crippen MR) is 75.3 cm³/mol. The molecule has 0 radical (unpaired) electrons. The maximum Gasteiger partial charge on any atom is 0.323 e. The number of methoxy groups -OCH3 is 2. The molecule has 0 aliphatic heterocycles. The molecule has 1 fully saturated rings. The highest BCUT2D eigenvalue weighted by atomic mass is 16.5. The van der Waals surface area contributed by atoms with Gasteiger partial charge in [-0.25, -0.2) is 0 Å². The van der Waals surface area contributed by atoms with Crippen molar-refractivity contribution in [1.82, 2.24) is 4.90 Å². The van der Waals surface area contributed by atoms with E-state index in [9.17, 15) is 9.59 Å². The Kier molecular flexibility index (Phi) is 4.67. The van der Waals surface area contributed by atoms with Gasteiger partial charge in [0.05, 0.1) is 14.2 Å². The molecule has 0 atom stereocenters. The van der Waals surface area contributed by atoms with Crippen LogP contribution in [0.15, 0.2) is 18.2 Å². The molecule has 2 rings (SSSR count). The number of hydrogen-bond donors (Lipinski definition) is 1. The zero-order chi connectivity index (χ0) is 15.4. The summed E-state index contributed by atoms with van der Waals surface area (Å²) in [6.07, 6.45) is 1.69. The summed E-state index contributed by atoms with van der Waals surface area (Å²) in [5.74, 6) is 0.0897. The number of aliphatic carboxylic acids is 1. The molecule has 114 valence electrons. The van der Waals surface area contributed by atoms with Crippen molar-refractivity contribution in [2.75, 3.05) is 20.8 Å². The summed E-state index contributed by atoms with van der Waals surface area (Å²) in [5, 5.41) is 8.97. The van der Waals surface area contributed by atoms with Crippen LogP contribution in [0, 0.1) is 5.92 Å². The smallest absolute Gasteiger partial charge is 0.323 e. The van der Waals surface area contributed by atoms with E-state index in [1.165, 1.54) is 4.90 Å². The van der Waals surface area contributed by atoms with Crippen molar-refractivity contribution in [1.29, 1.82) is 0 Å². The summed E-state index contributed by atoms with van der Waals surface area (Å²) in [4.78, 5) is 24.5. The summed E-state index contributed by atoms with van der Waals surface area (Å²) in [6, 6.07) is 5.28. The van der Waals surface area contributed by atoms with Gasteiger partial charge >= 0.3 is 5.97 Å². The lowest BCUT2D eigenvalue weighted by Gasteiger charge is -2.21. The topological polar surface area (TPSA) is 76.1 Å². The van der Waals surface area contributed by atoms with Gasteiger partial charge in [-0.05, 0) is 30.5 Å². The number of benzene rings is 1. The van der Waals surface area contributed by atoms with E-state index in [0.29, 0.717) is 11.5 Å². The molecule has 0 saturated heterocycles. The maximum atomic E-state index is 12.2. The second kappa shape index (κ2) is 6.47. The highest BCUT2D eigenvalue weighted by Gasteiger charge is 2.34. The largest absolute Gasteiger partial charge is 0.497 e. The zero-order valence-corrected chi connectivity index (χ0v) is 12.2. The molecule has 1 N–H and O–H groups in total. The molecule has 1 aliphatic carbocycles. The summed E-state index contributed by atoms with van der Waals surface area (Å²) >= 11 is 0. The molecule has 1 aromatic carbocycles. The van der Waals surface area contributed by atoms with Gasteiger partial charge in [0, 0.05) is 18.5 Å². The quantitative estimate of drug-likeness (QED) is 0.825. The van der Waals surface area contributed by atoms with Gasteiger partial charge in [0.1, 0.15) is 18.0 Å². The average molecular weight is 293 g/mol. The van der Waals surface area contributed by atoms with Crippen molar-refractivity contribution in [3.8, 4) is 11.5 Å². The van der Waals surface area contributed by atoms with Crippen LogP contribution in [0.5, 0.6) is 11.5 Å². The minimum absolute atomic E-state index is 0.0168. The van der Waals surface area contributed by atoms with Crippen LogP contribution >= 0.6 is 0 Å². The maximum absolute atomic E-state index is 12.2. The van der Waals surface area contributed by atoms with E-state index in [0.717, 1.165) is 18.4 Å². The number of carbonyl (C=O) groups is 2. The van der Waals surface area contributed by atoms with Gasteiger partial charge < -0.3 is 19.5 Å². The lowest BCUT2D eigenvalue weighted by atomic mass is 10.1. The van der Waals surface area contributed by atoms with Crippen molar-refractivity contribution >= 4 is 11.9 Å². The average Bonchev–Trinajstić information content (AvgIpc) is 3.29. The number of nitrogens with zero attached hydrogens (tertiary/aromatic N) is 1. The first-order chi connectivity index (χ1) is 10.0. The Hall–Kier alpha value is -2.24. The molecule has 1 saturated carbocycles. The zero-order valence-electron chi connectivity index (χ0n) is 12.2. The Labute approximate surface area is 123 Å². The van der Waals surface area contributed by atoms with Crippen LogP contribution < -0.4 is 9.47 Å². The molecule has 6 nitrogen and oxygen atoms in total. The van der Waals surface area contributed by atoms with Gasteiger partial charge in [0.2, 0.25) is 5.91 Å². The van der Waals surface area contributed by atoms with E-state index in [1.807, 2.05) is 0 Å². The fraction of sp³-hybridized carbons (Fsp3) is 0.467.